The van der Waals surface area contributed by atoms with Crippen molar-refractivity contribution in [3.63, 3.8) is 0 Å². The summed E-state index contributed by atoms with van der Waals surface area (Å²) >= 11 is 0. The van der Waals surface area contributed by atoms with E-state index in [1.807, 2.05) is 4.90 Å². The molecule has 8 heteroatoms. The van der Waals surface area contributed by atoms with E-state index in [1.165, 1.54) is 47.1 Å². The third kappa shape index (κ3) is 4.37. The van der Waals surface area contributed by atoms with Gasteiger partial charge >= 0.3 is 0 Å². The Bertz CT molecular complexity index is 1110. The smallest absolute Gasteiger partial charge is 0.271 e. The molecular weight excluding hydrogens is 390 g/mol. The Labute approximate surface area is 171 Å². The van der Waals surface area contributed by atoms with Crippen molar-refractivity contribution in [1.82, 2.24) is 9.78 Å². The van der Waals surface area contributed by atoms with Crippen LogP contribution >= 0.6 is 0 Å². The van der Waals surface area contributed by atoms with Gasteiger partial charge in [0.2, 0.25) is 5.91 Å². The second-order valence-electron chi connectivity index (χ2n) is 7.20. The summed E-state index contributed by atoms with van der Waals surface area (Å²) in [6, 6.07) is 14.3. The number of carbonyl (C=O) groups excluding carboxylic acids is 1. The minimum atomic E-state index is -0.412. The quantitative estimate of drug-likeness (QED) is 0.716. The van der Waals surface area contributed by atoms with Crippen LogP contribution in [0.3, 0.4) is 0 Å². The molecule has 0 aliphatic carbocycles. The van der Waals surface area contributed by atoms with Crippen molar-refractivity contribution in [2.75, 3.05) is 23.3 Å². The van der Waals surface area contributed by atoms with Crippen molar-refractivity contribution in [1.29, 1.82) is 0 Å². The first kappa shape index (κ1) is 19.8. The highest BCUT2D eigenvalue weighted by atomic mass is 19.1. The lowest BCUT2D eigenvalue weighted by Crippen LogP contribution is -2.41. The number of aromatic nitrogens is 2. The Kier molecular flexibility index (Phi) is 5.56. The monoisotopic (exact) mass is 410 g/mol. The third-order valence-corrected chi connectivity index (χ3v) is 5.07. The van der Waals surface area contributed by atoms with E-state index < -0.39 is 11.6 Å². The summed E-state index contributed by atoms with van der Waals surface area (Å²) in [4.78, 5) is 26.8. The second-order valence-corrected chi connectivity index (χ2v) is 7.20. The van der Waals surface area contributed by atoms with Crippen LogP contribution in [0.15, 0.2) is 65.5 Å². The van der Waals surface area contributed by atoms with Crippen molar-refractivity contribution in [3.8, 4) is 5.69 Å². The molecule has 6 nitrogen and oxygen atoms in total. The van der Waals surface area contributed by atoms with Crippen LogP contribution in [0.25, 0.3) is 5.69 Å². The van der Waals surface area contributed by atoms with Crippen LogP contribution in [0.5, 0.6) is 0 Å². The van der Waals surface area contributed by atoms with Gasteiger partial charge in [-0.3, -0.25) is 9.59 Å². The number of nitrogens with one attached hydrogen (secondary N) is 1. The minimum Gasteiger partial charge on any atom is -0.354 e. The van der Waals surface area contributed by atoms with E-state index in [2.05, 4.69) is 10.4 Å². The molecule has 0 radical (unpaired) electrons. The van der Waals surface area contributed by atoms with Crippen molar-refractivity contribution < 1.29 is 13.6 Å². The number of carbonyl (C=O) groups is 1. The van der Waals surface area contributed by atoms with Gasteiger partial charge in [-0.05, 0) is 61.4 Å². The van der Waals surface area contributed by atoms with Gasteiger partial charge in [-0.15, -0.1) is 5.10 Å². The van der Waals surface area contributed by atoms with Crippen LogP contribution in [0.1, 0.15) is 12.8 Å². The van der Waals surface area contributed by atoms with Crippen molar-refractivity contribution in [2.24, 2.45) is 5.92 Å². The van der Waals surface area contributed by atoms with Gasteiger partial charge in [0.15, 0.2) is 0 Å². The van der Waals surface area contributed by atoms with Crippen LogP contribution in [0.2, 0.25) is 0 Å². The Morgan fingerprint density at radius 1 is 1.03 bits per heavy atom. The minimum absolute atomic E-state index is 0.183. The molecule has 0 unspecified atom stereocenters. The fourth-order valence-corrected chi connectivity index (χ4v) is 3.55. The summed E-state index contributed by atoms with van der Waals surface area (Å²) in [6.07, 6.45) is 1.48. The lowest BCUT2D eigenvalue weighted by Gasteiger charge is -2.32. The highest BCUT2D eigenvalue weighted by Gasteiger charge is 2.27. The molecule has 2 heterocycles. The Hall–Kier alpha value is -3.55. The van der Waals surface area contributed by atoms with Crippen LogP contribution in [0, 0.1) is 17.6 Å². The maximum Gasteiger partial charge on any atom is 0.271 e. The lowest BCUT2D eigenvalue weighted by atomic mass is 9.97. The van der Waals surface area contributed by atoms with E-state index in [0.717, 1.165) is 6.42 Å². The number of halogens is 2. The van der Waals surface area contributed by atoms with Gasteiger partial charge < -0.3 is 10.2 Å². The van der Waals surface area contributed by atoms with Crippen LogP contribution < -0.4 is 15.8 Å². The molecule has 2 aromatic carbocycles. The first-order chi connectivity index (χ1) is 14.5. The van der Waals surface area contributed by atoms with Crippen LogP contribution in [0.4, 0.5) is 20.3 Å². The fraction of sp³-hybridized carbons (Fsp3) is 0.227. The zero-order valence-corrected chi connectivity index (χ0v) is 16.1. The summed E-state index contributed by atoms with van der Waals surface area (Å²) in [5, 5.41) is 7.17. The molecule has 1 aliphatic heterocycles. The predicted molar refractivity (Wildman–Crippen MR) is 110 cm³/mol. The van der Waals surface area contributed by atoms with E-state index in [-0.39, 0.29) is 17.4 Å². The molecule has 1 atom stereocenters. The predicted octanol–water partition coefficient (Wildman–Crippen LogP) is 3.37. The Morgan fingerprint density at radius 3 is 2.60 bits per heavy atom. The number of anilines is 2. The zero-order chi connectivity index (χ0) is 21.1. The van der Waals surface area contributed by atoms with Gasteiger partial charge in [0, 0.05) is 24.8 Å². The van der Waals surface area contributed by atoms with E-state index in [4.69, 9.17) is 0 Å². The van der Waals surface area contributed by atoms with E-state index in [1.54, 1.807) is 18.2 Å². The zero-order valence-electron chi connectivity index (χ0n) is 16.1. The van der Waals surface area contributed by atoms with Crippen molar-refractivity contribution >= 4 is 17.4 Å². The molecule has 0 bridgehead atoms. The van der Waals surface area contributed by atoms with Gasteiger partial charge in [0.25, 0.3) is 5.56 Å². The molecule has 1 aromatic heterocycles. The lowest BCUT2D eigenvalue weighted by molar-refractivity contribution is -0.120. The summed E-state index contributed by atoms with van der Waals surface area (Å²) in [5.41, 5.74) is 0.545. The number of amides is 1. The average Bonchev–Trinajstić information content (AvgIpc) is 2.75. The van der Waals surface area contributed by atoms with Gasteiger partial charge in [0.05, 0.1) is 11.6 Å². The molecule has 0 saturated carbocycles. The number of nitrogens with zero attached hydrogens (tertiary/aromatic N) is 3. The Balaban J connectivity index is 1.52. The SMILES string of the molecule is O=C(Nc1cccc(F)c1)[C@@H]1CCCN(c2ccc(=O)n(-c3ccc(F)cc3)n2)C1. The van der Waals surface area contributed by atoms with Gasteiger partial charge in [0.1, 0.15) is 17.5 Å². The number of rotatable bonds is 4. The molecule has 30 heavy (non-hydrogen) atoms. The van der Waals surface area contributed by atoms with Crippen molar-refractivity contribution in [3.05, 3.63) is 82.7 Å². The second kappa shape index (κ2) is 8.44. The molecule has 1 saturated heterocycles. The Morgan fingerprint density at radius 2 is 1.83 bits per heavy atom. The standard InChI is InChI=1S/C22H20F2N4O2/c23-16-6-8-19(9-7-16)28-21(29)11-10-20(26-28)27-12-2-3-15(14-27)22(30)25-18-5-1-4-17(24)13-18/h1,4-11,13,15H,2-3,12,14H2,(H,25,30)/t15-/m1/s1. The normalized spacial score (nSPS) is 16.3. The van der Waals surface area contributed by atoms with E-state index >= 15 is 0 Å². The molecule has 3 aromatic rings. The van der Waals surface area contributed by atoms with Gasteiger partial charge in [-0.2, -0.15) is 4.68 Å². The summed E-state index contributed by atoms with van der Waals surface area (Å²) in [5.74, 6) is -0.731. The molecule has 154 valence electrons. The maximum atomic E-state index is 13.4. The molecule has 0 spiro atoms. The molecule has 1 aliphatic rings. The van der Waals surface area contributed by atoms with Crippen LogP contribution in [-0.4, -0.2) is 28.8 Å². The fourth-order valence-electron chi connectivity index (χ4n) is 3.55. The topological polar surface area (TPSA) is 67.2 Å². The molecule has 1 amide bonds. The van der Waals surface area contributed by atoms with E-state index in [0.29, 0.717) is 36.7 Å². The van der Waals surface area contributed by atoms with Crippen LogP contribution in [-0.2, 0) is 4.79 Å². The largest absolute Gasteiger partial charge is 0.354 e. The number of hydrogen-bond donors (Lipinski definition) is 1. The first-order valence-corrected chi connectivity index (χ1v) is 9.67. The average molecular weight is 410 g/mol. The maximum absolute atomic E-state index is 13.4. The molecule has 4 rings (SSSR count). The highest BCUT2D eigenvalue weighted by Crippen LogP contribution is 2.23. The molecular formula is C22H20F2N4O2. The number of benzene rings is 2. The summed E-state index contributed by atoms with van der Waals surface area (Å²) in [6.45, 7) is 1.12. The third-order valence-electron chi connectivity index (χ3n) is 5.07. The van der Waals surface area contributed by atoms with E-state index in [9.17, 15) is 18.4 Å². The molecule has 1 fully saturated rings. The molecule has 1 N–H and O–H groups in total. The van der Waals surface area contributed by atoms with Gasteiger partial charge in [-0.25, -0.2) is 8.78 Å². The number of hydrogen-bond acceptors (Lipinski definition) is 4. The van der Waals surface area contributed by atoms with Crippen molar-refractivity contribution in [2.45, 2.75) is 12.8 Å². The highest BCUT2D eigenvalue weighted by molar-refractivity contribution is 5.93. The number of piperidine rings is 1. The first-order valence-electron chi connectivity index (χ1n) is 9.67. The van der Waals surface area contributed by atoms with Gasteiger partial charge in [-0.1, -0.05) is 6.07 Å². The summed E-state index contributed by atoms with van der Waals surface area (Å²) in [7, 11) is 0. The summed E-state index contributed by atoms with van der Waals surface area (Å²) < 4.78 is 27.8.